The lowest BCUT2D eigenvalue weighted by Crippen LogP contribution is -2.02. The van der Waals surface area contributed by atoms with E-state index in [0.29, 0.717) is 17.3 Å². The Kier molecular flexibility index (Phi) is 6.29. The van der Waals surface area contributed by atoms with Gasteiger partial charge in [-0.15, -0.1) is 11.8 Å². The summed E-state index contributed by atoms with van der Waals surface area (Å²) in [5.74, 6) is 0.422. The van der Waals surface area contributed by atoms with Crippen molar-refractivity contribution in [2.75, 3.05) is 12.9 Å². The van der Waals surface area contributed by atoms with Crippen LogP contribution in [0.4, 0.5) is 0 Å². The van der Waals surface area contributed by atoms with Crippen molar-refractivity contribution in [3.63, 3.8) is 0 Å². The van der Waals surface area contributed by atoms with Crippen LogP contribution in [-0.4, -0.2) is 28.8 Å². The van der Waals surface area contributed by atoms with Gasteiger partial charge in [-0.2, -0.15) is 0 Å². The van der Waals surface area contributed by atoms with Gasteiger partial charge in [-0.1, -0.05) is 24.9 Å². The van der Waals surface area contributed by atoms with Gasteiger partial charge < -0.3 is 4.74 Å². The highest BCUT2D eigenvalue weighted by atomic mass is 35.5. The standard InChI is InChI=1S/C11H15ClN2O2S/c1-3-4-8-10(12)13-7-14-11(8)17-6-5-9(15)16-2/h7H,3-6H2,1-2H3. The molecule has 1 aromatic heterocycles. The van der Waals surface area contributed by atoms with Crippen LogP contribution in [0.1, 0.15) is 25.3 Å². The molecule has 0 aromatic carbocycles. The topological polar surface area (TPSA) is 52.1 Å². The van der Waals surface area contributed by atoms with E-state index in [2.05, 4.69) is 21.6 Å². The molecular formula is C11H15ClN2O2S. The van der Waals surface area contributed by atoms with E-state index < -0.39 is 0 Å². The van der Waals surface area contributed by atoms with Crippen LogP contribution in [-0.2, 0) is 16.0 Å². The Morgan fingerprint density at radius 2 is 2.29 bits per heavy atom. The number of rotatable bonds is 6. The number of ether oxygens (including phenoxy) is 1. The normalized spacial score (nSPS) is 10.3. The number of carbonyl (C=O) groups is 1. The fraction of sp³-hybridized carbons (Fsp3) is 0.545. The van der Waals surface area contributed by atoms with Crippen molar-refractivity contribution in [1.29, 1.82) is 0 Å². The lowest BCUT2D eigenvalue weighted by Gasteiger charge is -2.07. The summed E-state index contributed by atoms with van der Waals surface area (Å²) in [5, 5.41) is 1.36. The number of carbonyl (C=O) groups excluding carboxylic acids is 1. The zero-order valence-corrected chi connectivity index (χ0v) is 11.5. The molecule has 0 N–H and O–H groups in total. The number of methoxy groups -OCH3 is 1. The van der Waals surface area contributed by atoms with Crippen LogP contribution in [0.2, 0.25) is 5.15 Å². The molecular weight excluding hydrogens is 260 g/mol. The summed E-state index contributed by atoms with van der Waals surface area (Å²) in [4.78, 5) is 19.1. The number of esters is 1. The summed E-state index contributed by atoms with van der Waals surface area (Å²) >= 11 is 7.53. The Hall–Kier alpha value is -0.810. The molecule has 0 aliphatic carbocycles. The minimum absolute atomic E-state index is 0.213. The fourth-order valence-corrected chi connectivity index (χ4v) is 2.53. The zero-order chi connectivity index (χ0) is 12.7. The van der Waals surface area contributed by atoms with Gasteiger partial charge in [0.05, 0.1) is 13.5 Å². The van der Waals surface area contributed by atoms with Crippen LogP contribution >= 0.6 is 23.4 Å². The fourth-order valence-electron chi connectivity index (χ4n) is 1.29. The number of nitrogens with zero attached hydrogens (tertiary/aromatic N) is 2. The van der Waals surface area contributed by atoms with Gasteiger partial charge in [0.1, 0.15) is 16.5 Å². The van der Waals surface area contributed by atoms with Crippen LogP contribution in [0.15, 0.2) is 11.4 Å². The highest BCUT2D eigenvalue weighted by Crippen LogP contribution is 2.26. The number of thioether (sulfide) groups is 1. The Morgan fingerprint density at radius 3 is 2.94 bits per heavy atom. The third-order valence-corrected chi connectivity index (χ3v) is 3.49. The van der Waals surface area contributed by atoms with Crippen LogP contribution in [0, 0.1) is 0 Å². The van der Waals surface area contributed by atoms with Gasteiger partial charge in [0.2, 0.25) is 0 Å². The van der Waals surface area contributed by atoms with Crippen molar-refractivity contribution in [2.24, 2.45) is 0 Å². The van der Waals surface area contributed by atoms with Crippen LogP contribution < -0.4 is 0 Å². The lowest BCUT2D eigenvalue weighted by molar-refractivity contribution is -0.140. The summed E-state index contributed by atoms with van der Waals surface area (Å²) in [7, 11) is 1.39. The first-order chi connectivity index (χ1) is 8.19. The minimum atomic E-state index is -0.213. The van der Waals surface area contributed by atoms with Crippen LogP contribution in [0.5, 0.6) is 0 Å². The molecule has 1 rings (SSSR count). The van der Waals surface area contributed by atoms with Crippen molar-refractivity contribution in [1.82, 2.24) is 9.97 Å². The van der Waals surface area contributed by atoms with Gasteiger partial charge >= 0.3 is 5.97 Å². The molecule has 0 saturated heterocycles. The first-order valence-corrected chi connectivity index (χ1v) is 6.74. The highest BCUT2D eigenvalue weighted by Gasteiger charge is 2.10. The van der Waals surface area contributed by atoms with Crippen molar-refractivity contribution < 1.29 is 9.53 Å². The molecule has 0 unspecified atom stereocenters. The second kappa shape index (κ2) is 7.50. The molecule has 0 fully saturated rings. The summed E-state index contributed by atoms with van der Waals surface area (Å²) in [6.07, 6.45) is 3.65. The molecule has 0 saturated carbocycles. The van der Waals surface area contributed by atoms with E-state index in [1.165, 1.54) is 25.2 Å². The number of hydrogen-bond acceptors (Lipinski definition) is 5. The largest absolute Gasteiger partial charge is 0.469 e. The summed E-state index contributed by atoms with van der Waals surface area (Å²) in [6.45, 7) is 2.08. The van der Waals surface area contributed by atoms with Gasteiger partial charge in [-0.25, -0.2) is 9.97 Å². The van der Waals surface area contributed by atoms with Gasteiger partial charge in [0.25, 0.3) is 0 Å². The maximum absolute atomic E-state index is 11.0. The van der Waals surface area contributed by atoms with Gasteiger partial charge in [0, 0.05) is 11.3 Å². The second-order valence-corrected chi connectivity index (χ2v) is 4.81. The van der Waals surface area contributed by atoms with Crippen molar-refractivity contribution in [3.05, 3.63) is 17.0 Å². The third-order valence-electron chi connectivity index (χ3n) is 2.13. The zero-order valence-electron chi connectivity index (χ0n) is 9.90. The third kappa shape index (κ3) is 4.52. The van der Waals surface area contributed by atoms with Gasteiger partial charge in [0.15, 0.2) is 0 Å². The Bertz CT molecular complexity index is 388. The van der Waals surface area contributed by atoms with E-state index >= 15 is 0 Å². The molecule has 0 amide bonds. The Balaban J connectivity index is 2.63. The molecule has 0 spiro atoms. The van der Waals surface area contributed by atoms with E-state index in [1.54, 1.807) is 0 Å². The van der Waals surface area contributed by atoms with Crippen LogP contribution in [0.3, 0.4) is 0 Å². The number of halogens is 1. The number of aromatic nitrogens is 2. The van der Waals surface area contributed by atoms with Gasteiger partial charge in [-0.3, -0.25) is 4.79 Å². The summed E-state index contributed by atoms with van der Waals surface area (Å²) in [6, 6.07) is 0. The first-order valence-electron chi connectivity index (χ1n) is 5.38. The molecule has 0 aliphatic rings. The number of hydrogen-bond donors (Lipinski definition) is 0. The second-order valence-electron chi connectivity index (χ2n) is 3.37. The molecule has 94 valence electrons. The summed E-state index contributed by atoms with van der Waals surface area (Å²) < 4.78 is 4.58. The molecule has 0 bridgehead atoms. The van der Waals surface area contributed by atoms with E-state index in [1.807, 2.05) is 0 Å². The van der Waals surface area contributed by atoms with Crippen molar-refractivity contribution in [2.45, 2.75) is 31.2 Å². The monoisotopic (exact) mass is 274 g/mol. The predicted molar refractivity (Wildman–Crippen MR) is 68.4 cm³/mol. The molecule has 1 heterocycles. The average molecular weight is 275 g/mol. The predicted octanol–water partition coefficient (Wildman–Crippen LogP) is 2.74. The van der Waals surface area contributed by atoms with E-state index in [4.69, 9.17) is 11.6 Å². The molecule has 0 atom stereocenters. The maximum atomic E-state index is 11.0. The maximum Gasteiger partial charge on any atom is 0.306 e. The smallest absolute Gasteiger partial charge is 0.306 e. The Labute approximate surface area is 110 Å². The van der Waals surface area contributed by atoms with Crippen molar-refractivity contribution in [3.8, 4) is 0 Å². The summed E-state index contributed by atoms with van der Waals surface area (Å²) in [5.41, 5.74) is 0.964. The van der Waals surface area contributed by atoms with E-state index in [9.17, 15) is 4.79 Å². The molecule has 1 aromatic rings. The van der Waals surface area contributed by atoms with Crippen molar-refractivity contribution >= 4 is 29.3 Å². The first kappa shape index (κ1) is 14.3. The highest BCUT2D eigenvalue weighted by molar-refractivity contribution is 7.99. The lowest BCUT2D eigenvalue weighted by atomic mass is 10.2. The van der Waals surface area contributed by atoms with Crippen LogP contribution in [0.25, 0.3) is 0 Å². The molecule has 17 heavy (non-hydrogen) atoms. The minimum Gasteiger partial charge on any atom is -0.469 e. The quantitative estimate of drug-likeness (QED) is 0.454. The average Bonchev–Trinajstić information content (AvgIpc) is 2.33. The molecule has 0 radical (unpaired) electrons. The van der Waals surface area contributed by atoms with E-state index in [0.717, 1.165) is 23.4 Å². The van der Waals surface area contributed by atoms with Gasteiger partial charge in [-0.05, 0) is 6.42 Å². The SMILES string of the molecule is CCCc1c(Cl)ncnc1SCCC(=O)OC. The molecule has 6 heteroatoms. The van der Waals surface area contributed by atoms with E-state index in [-0.39, 0.29) is 5.97 Å². The molecule has 0 aliphatic heterocycles. The molecule has 4 nitrogen and oxygen atoms in total. The Morgan fingerprint density at radius 1 is 1.53 bits per heavy atom.